The van der Waals surface area contributed by atoms with Gasteiger partial charge in [0.2, 0.25) is 5.91 Å². The highest BCUT2D eigenvalue weighted by Gasteiger charge is 2.48. The maximum absolute atomic E-state index is 13.2. The predicted molar refractivity (Wildman–Crippen MR) is 333 cm³/mol. The third-order valence-corrected chi connectivity index (χ3v) is 17.3. The molecule has 0 aromatic carbocycles. The summed E-state index contributed by atoms with van der Waals surface area (Å²) < 4.78 is 47.9. The number of carbonyl (C=O) groups is 1. The van der Waals surface area contributed by atoms with E-state index in [1.165, 1.54) is 289 Å². The van der Waals surface area contributed by atoms with Gasteiger partial charge in [-0.2, -0.15) is 8.42 Å². The molecule has 1 fully saturated rings. The van der Waals surface area contributed by atoms with Crippen LogP contribution in [0.3, 0.4) is 0 Å². The minimum absolute atomic E-state index is 0.254. The molecule has 476 valence electrons. The highest BCUT2D eigenvalue weighted by atomic mass is 32.3. The Labute approximate surface area is 493 Å². The lowest BCUT2D eigenvalue weighted by Crippen LogP contribution is -2.61. The maximum atomic E-state index is 13.2. The van der Waals surface area contributed by atoms with E-state index in [4.69, 9.17) is 9.47 Å². The molecule has 1 heterocycles. The summed E-state index contributed by atoms with van der Waals surface area (Å²) in [5, 5.41) is 45.1. The van der Waals surface area contributed by atoms with Crippen molar-refractivity contribution in [2.45, 2.75) is 397 Å². The largest absolute Gasteiger partial charge is 0.397 e. The van der Waals surface area contributed by atoms with Gasteiger partial charge in [-0.05, 0) is 19.3 Å². The van der Waals surface area contributed by atoms with Gasteiger partial charge < -0.3 is 35.2 Å². The number of carbonyl (C=O) groups excluding carboxylic acids is 1. The Balaban J connectivity index is 2.15. The van der Waals surface area contributed by atoms with Gasteiger partial charge in [-0.25, -0.2) is 4.18 Å². The molecule has 0 aromatic heterocycles. The Hall–Kier alpha value is -1.16. The third-order valence-electron chi connectivity index (χ3n) is 16.8. The van der Waals surface area contributed by atoms with E-state index in [0.717, 1.165) is 38.5 Å². The summed E-state index contributed by atoms with van der Waals surface area (Å²) in [6.07, 6.45) is 63.1. The lowest BCUT2D eigenvalue weighted by atomic mass is 9.99. The standard InChI is InChI=1S/C67H131NO11S/c1-3-5-7-9-11-13-15-17-19-21-22-23-24-25-26-27-28-29-30-31-32-33-34-35-36-37-38-39-40-41-43-45-47-49-51-53-55-57-63(71)68-60(59-77-67-65(73)66(79-80(74,75)76)64(72)62(58-69)78-67)61(70)56-54-52-50-48-46-44-42-20-18-16-14-12-10-8-6-4-2/h54,56,60-62,64-67,69-70,72-73H,3-53,55,57-59H2,1-2H3,(H,68,71)(H,74,75,76)/b56-54+. The molecule has 1 aliphatic rings. The minimum Gasteiger partial charge on any atom is -0.394 e. The van der Waals surface area contributed by atoms with Crippen LogP contribution in [0.4, 0.5) is 0 Å². The molecule has 1 amide bonds. The van der Waals surface area contributed by atoms with Crippen molar-refractivity contribution in [3.8, 4) is 0 Å². The molecule has 0 radical (unpaired) electrons. The summed E-state index contributed by atoms with van der Waals surface area (Å²) in [5.41, 5.74) is 0. The number of amides is 1. The first kappa shape index (κ1) is 76.9. The van der Waals surface area contributed by atoms with Gasteiger partial charge in [-0.15, -0.1) is 0 Å². The fraction of sp³-hybridized carbons (Fsp3) is 0.955. The molecule has 13 heteroatoms. The fourth-order valence-electron chi connectivity index (χ4n) is 11.5. The van der Waals surface area contributed by atoms with E-state index in [1.54, 1.807) is 6.08 Å². The highest BCUT2D eigenvalue weighted by Crippen LogP contribution is 2.26. The lowest BCUT2D eigenvalue weighted by Gasteiger charge is -2.41. The number of nitrogens with one attached hydrogen (secondary N) is 1. The third kappa shape index (κ3) is 48.1. The van der Waals surface area contributed by atoms with Gasteiger partial charge >= 0.3 is 10.4 Å². The second-order valence-corrected chi connectivity index (χ2v) is 25.5. The van der Waals surface area contributed by atoms with Crippen molar-refractivity contribution in [3.63, 3.8) is 0 Å². The van der Waals surface area contributed by atoms with Crippen LogP contribution >= 0.6 is 0 Å². The molecule has 0 aromatic rings. The van der Waals surface area contributed by atoms with Crippen LogP contribution < -0.4 is 5.32 Å². The Morgan fingerprint density at radius 1 is 0.487 bits per heavy atom. The van der Waals surface area contributed by atoms with Crippen LogP contribution in [0, 0.1) is 0 Å². The number of allylic oxidation sites excluding steroid dienone is 1. The average molecular weight is 1160 g/mol. The number of unbranched alkanes of at least 4 members (excludes halogenated alkanes) is 50. The summed E-state index contributed by atoms with van der Waals surface area (Å²) in [5.74, 6) is -0.254. The molecule has 80 heavy (non-hydrogen) atoms. The second kappa shape index (κ2) is 56.9. The zero-order valence-corrected chi connectivity index (χ0v) is 53.0. The van der Waals surface area contributed by atoms with Crippen LogP contribution in [0.2, 0.25) is 0 Å². The van der Waals surface area contributed by atoms with Crippen molar-refractivity contribution in [1.82, 2.24) is 5.32 Å². The van der Waals surface area contributed by atoms with Gasteiger partial charge in [0, 0.05) is 6.42 Å². The molecule has 1 aliphatic heterocycles. The first-order valence-electron chi connectivity index (χ1n) is 34.6. The Bertz CT molecular complexity index is 1450. The summed E-state index contributed by atoms with van der Waals surface area (Å²) >= 11 is 0. The van der Waals surface area contributed by atoms with Crippen LogP contribution in [0.15, 0.2) is 12.2 Å². The van der Waals surface area contributed by atoms with Crippen LogP contribution in [-0.4, -0.2) is 95.4 Å². The molecule has 1 saturated heterocycles. The Morgan fingerprint density at radius 2 is 0.787 bits per heavy atom. The zero-order valence-electron chi connectivity index (χ0n) is 52.2. The maximum Gasteiger partial charge on any atom is 0.397 e. The van der Waals surface area contributed by atoms with Crippen LogP contribution in [0.5, 0.6) is 0 Å². The highest BCUT2D eigenvalue weighted by molar-refractivity contribution is 7.80. The molecule has 7 atom stereocenters. The topological polar surface area (TPSA) is 192 Å². The summed E-state index contributed by atoms with van der Waals surface area (Å²) in [4.78, 5) is 13.2. The number of aliphatic hydroxyl groups excluding tert-OH is 4. The molecule has 1 rings (SSSR count). The van der Waals surface area contributed by atoms with E-state index < -0.39 is 59.9 Å². The average Bonchev–Trinajstić information content (AvgIpc) is 3.43. The Morgan fingerprint density at radius 3 is 1.09 bits per heavy atom. The number of hydrogen-bond donors (Lipinski definition) is 6. The molecule has 12 nitrogen and oxygen atoms in total. The Kier molecular flexibility index (Phi) is 54.7. The predicted octanol–water partition coefficient (Wildman–Crippen LogP) is 17.7. The van der Waals surface area contributed by atoms with E-state index >= 15 is 0 Å². The van der Waals surface area contributed by atoms with Crippen molar-refractivity contribution in [2.24, 2.45) is 0 Å². The van der Waals surface area contributed by atoms with Gasteiger partial charge in [0.15, 0.2) is 6.29 Å². The molecule has 0 aliphatic carbocycles. The molecule has 0 saturated carbocycles. The van der Waals surface area contributed by atoms with E-state index in [2.05, 4.69) is 23.3 Å². The van der Waals surface area contributed by atoms with Crippen molar-refractivity contribution in [1.29, 1.82) is 0 Å². The van der Waals surface area contributed by atoms with Crippen LogP contribution in [0.1, 0.15) is 354 Å². The molecule has 0 spiro atoms. The van der Waals surface area contributed by atoms with Crippen molar-refractivity contribution >= 4 is 16.3 Å². The van der Waals surface area contributed by atoms with Gasteiger partial charge in [-0.3, -0.25) is 9.35 Å². The lowest BCUT2D eigenvalue weighted by molar-refractivity contribution is -0.298. The van der Waals surface area contributed by atoms with Crippen LogP contribution in [0.25, 0.3) is 0 Å². The van der Waals surface area contributed by atoms with E-state index in [-0.39, 0.29) is 18.9 Å². The molecule has 6 N–H and O–H groups in total. The first-order chi connectivity index (χ1) is 39.0. The van der Waals surface area contributed by atoms with Gasteiger partial charge in [-0.1, -0.05) is 341 Å². The molecule has 7 unspecified atom stereocenters. The first-order valence-corrected chi connectivity index (χ1v) is 35.9. The van der Waals surface area contributed by atoms with Gasteiger partial charge in [0.1, 0.15) is 24.4 Å². The second-order valence-electron chi connectivity index (χ2n) is 24.5. The van der Waals surface area contributed by atoms with Crippen molar-refractivity contribution in [3.05, 3.63) is 12.2 Å². The number of hydrogen-bond acceptors (Lipinski definition) is 10. The van der Waals surface area contributed by atoms with Crippen molar-refractivity contribution < 1.29 is 51.8 Å². The van der Waals surface area contributed by atoms with E-state index in [0.29, 0.717) is 6.42 Å². The summed E-state index contributed by atoms with van der Waals surface area (Å²) in [6.45, 7) is 3.45. The molecule has 0 bridgehead atoms. The van der Waals surface area contributed by atoms with Crippen molar-refractivity contribution in [2.75, 3.05) is 13.2 Å². The molecular formula is C67H131NO11S. The van der Waals surface area contributed by atoms with E-state index in [1.807, 2.05) is 6.08 Å². The summed E-state index contributed by atoms with van der Waals surface area (Å²) in [6, 6.07) is -0.941. The number of aliphatic hydroxyl groups is 4. The van der Waals surface area contributed by atoms with Gasteiger partial charge in [0.05, 0.1) is 25.4 Å². The fourth-order valence-corrected chi connectivity index (χ4v) is 12.0. The smallest absolute Gasteiger partial charge is 0.394 e. The number of ether oxygens (including phenoxy) is 2. The van der Waals surface area contributed by atoms with Crippen LogP contribution in [-0.2, 0) is 28.9 Å². The monoisotopic (exact) mass is 1160 g/mol. The zero-order chi connectivity index (χ0) is 58.3. The quantitative estimate of drug-likeness (QED) is 0.0193. The minimum atomic E-state index is -5.09. The number of rotatable bonds is 62. The molecular weight excluding hydrogens is 1030 g/mol. The van der Waals surface area contributed by atoms with Gasteiger partial charge in [0.25, 0.3) is 0 Å². The van der Waals surface area contributed by atoms with E-state index in [9.17, 15) is 38.2 Å². The SMILES string of the molecule is CCCCCCCCCCCCCCCC/C=C/C(O)C(COC1OC(CO)C(O)C(OS(=O)(=O)O)C1O)NC(=O)CCCCCCCCCCCCCCCCCCCCCCCCCCCCCCCCCCCCCCC. The normalized spacial score (nSPS) is 18.6. The summed E-state index contributed by atoms with van der Waals surface area (Å²) in [7, 11) is -5.09.